The molecule has 4 nitrogen and oxygen atoms in total. The zero-order chi connectivity index (χ0) is 18.7. The van der Waals surface area contributed by atoms with Crippen LogP contribution in [0.15, 0.2) is 79.4 Å². The van der Waals surface area contributed by atoms with Crippen LogP contribution in [-0.2, 0) is 0 Å². The number of carbonyl (C=O) groups excluding carboxylic acids is 2. The van der Waals surface area contributed by atoms with Gasteiger partial charge < -0.3 is 5.32 Å². The third-order valence-electron chi connectivity index (χ3n) is 4.23. The largest absolute Gasteiger partial charge is 0.327 e. The van der Waals surface area contributed by atoms with Crippen molar-refractivity contribution >= 4 is 17.5 Å². The fourth-order valence-corrected chi connectivity index (χ4v) is 3.07. The van der Waals surface area contributed by atoms with Gasteiger partial charge in [-0.2, -0.15) is 0 Å². The third-order valence-corrected chi connectivity index (χ3v) is 4.23. The maximum atomic E-state index is 13.7. The lowest BCUT2D eigenvalue weighted by molar-refractivity contribution is 0.0959. The monoisotopic (exact) mass is 352 g/mol. The summed E-state index contributed by atoms with van der Waals surface area (Å²) in [6.07, 6.45) is 3.36. The summed E-state index contributed by atoms with van der Waals surface area (Å²) in [6.45, 7) is 7.63. The summed E-state index contributed by atoms with van der Waals surface area (Å²) < 4.78 is 13.7. The van der Waals surface area contributed by atoms with E-state index in [1.807, 2.05) is 24.3 Å². The second kappa shape index (κ2) is 7.19. The number of imide groups is 1. The van der Waals surface area contributed by atoms with Gasteiger partial charge in [0, 0.05) is 2.85 Å². The molecule has 2 aromatic rings. The molecule has 0 heterocycles. The van der Waals surface area contributed by atoms with Gasteiger partial charge in [-0.15, -0.1) is 0 Å². The van der Waals surface area contributed by atoms with E-state index in [0.717, 1.165) is 28.3 Å². The van der Waals surface area contributed by atoms with E-state index < -0.39 is 23.8 Å². The van der Waals surface area contributed by atoms with E-state index in [1.54, 1.807) is 12.2 Å². The third kappa shape index (κ3) is 3.07. The van der Waals surface area contributed by atoms with E-state index in [9.17, 15) is 14.0 Å². The highest BCUT2D eigenvalue weighted by molar-refractivity contribution is 6.04. The summed E-state index contributed by atoms with van der Waals surface area (Å²) in [5.41, 5.74) is 3.30. The van der Waals surface area contributed by atoms with Crippen LogP contribution in [0.1, 0.15) is 30.4 Å². The average Bonchev–Trinajstić information content (AvgIpc) is 2.94. The molecular weight excluding hydrogens is 331 g/mol. The molecule has 0 fully saturated rings. The van der Waals surface area contributed by atoms with Crippen LogP contribution in [0.5, 0.6) is 0 Å². The molecule has 0 radical (unpaired) electrons. The van der Waals surface area contributed by atoms with Gasteiger partial charge in [-0.25, -0.2) is 9.18 Å². The van der Waals surface area contributed by atoms with Crippen LogP contribution < -0.4 is 10.6 Å². The fourth-order valence-electron chi connectivity index (χ4n) is 3.07. The second-order valence-electron chi connectivity index (χ2n) is 5.70. The molecule has 1 aliphatic carbocycles. The Bertz CT molecular complexity index is 957. The molecule has 26 heavy (non-hydrogen) atoms. The number of benzene rings is 2. The number of fused-ring (bicyclic) bond motifs is 1. The summed E-state index contributed by atoms with van der Waals surface area (Å²) in [4.78, 5) is 24.4. The quantitative estimate of drug-likeness (QED) is 0.842. The lowest BCUT2D eigenvalue weighted by atomic mass is 10.0. The van der Waals surface area contributed by atoms with Crippen molar-refractivity contribution in [1.82, 2.24) is 10.6 Å². The Labute approximate surface area is 153 Å². The highest BCUT2D eigenvalue weighted by Crippen LogP contribution is 2.41. The number of carbonyl (C=O) groups is 2. The van der Waals surface area contributed by atoms with Crippen molar-refractivity contribution in [2.75, 3.05) is 0 Å². The number of rotatable bonds is 4. The molecular formula is C21H21FN2O2. The highest BCUT2D eigenvalue weighted by Gasteiger charge is 2.29. The zero-order valence-electron chi connectivity index (χ0n) is 14.0. The second-order valence-corrected chi connectivity index (χ2v) is 5.70. The van der Waals surface area contributed by atoms with Gasteiger partial charge >= 0.3 is 6.03 Å². The molecule has 1 atom stereocenters. The Morgan fingerprint density at radius 1 is 1.04 bits per heavy atom. The van der Waals surface area contributed by atoms with Crippen molar-refractivity contribution in [3.8, 4) is 0 Å². The van der Waals surface area contributed by atoms with Gasteiger partial charge in [0.15, 0.2) is 0 Å². The van der Waals surface area contributed by atoms with E-state index in [1.165, 1.54) is 18.2 Å². The summed E-state index contributed by atoms with van der Waals surface area (Å²) in [6, 6.07) is 11.9. The molecule has 3 rings (SSSR count). The maximum absolute atomic E-state index is 13.7. The maximum Gasteiger partial charge on any atom is 0.322 e. The number of allylic oxidation sites excluding steroid dienone is 2. The molecule has 2 N–H and O–H groups in total. The first-order valence-corrected chi connectivity index (χ1v) is 8.01. The first kappa shape index (κ1) is 17.4. The molecule has 5 heteroatoms. The predicted molar refractivity (Wildman–Crippen MR) is 103 cm³/mol. The molecule has 3 amide bonds. The predicted octanol–water partition coefficient (Wildman–Crippen LogP) is 4.64. The van der Waals surface area contributed by atoms with E-state index in [4.69, 9.17) is 0 Å². The van der Waals surface area contributed by atoms with Crippen LogP contribution in [0, 0.1) is 5.82 Å². The minimum atomic E-state index is -0.806. The molecule has 0 aromatic heterocycles. The smallest absolute Gasteiger partial charge is 0.322 e. The Balaban J connectivity index is 0.00000196. The van der Waals surface area contributed by atoms with Crippen LogP contribution in [0.4, 0.5) is 9.18 Å². The van der Waals surface area contributed by atoms with E-state index in [2.05, 4.69) is 23.8 Å². The van der Waals surface area contributed by atoms with Crippen LogP contribution in [-0.4, -0.2) is 11.9 Å². The van der Waals surface area contributed by atoms with E-state index >= 15 is 0 Å². The molecule has 1 aliphatic rings. The number of urea groups is 1. The summed E-state index contributed by atoms with van der Waals surface area (Å²) in [5.74, 6) is -1.50. The number of halogens is 1. The standard InChI is InChI=1S/C21H17FN2O2.2H2/c1-3-13-14(4-2)19(16-10-6-5-9-15(13)16)23-21(26)24-20(25)17-11-7-8-12-18(17)22;;/h3-12,19H,1-2H2,(H2,23,24,25,26);2*1H. The van der Waals surface area contributed by atoms with Crippen molar-refractivity contribution in [1.29, 1.82) is 0 Å². The Morgan fingerprint density at radius 3 is 2.42 bits per heavy atom. The Kier molecular flexibility index (Phi) is 4.80. The van der Waals surface area contributed by atoms with Crippen molar-refractivity contribution in [2.45, 2.75) is 6.04 Å². The molecule has 0 spiro atoms. The highest BCUT2D eigenvalue weighted by atomic mass is 19.1. The number of nitrogens with one attached hydrogen (secondary N) is 2. The minimum Gasteiger partial charge on any atom is -0.327 e. The van der Waals surface area contributed by atoms with Crippen molar-refractivity contribution < 1.29 is 16.8 Å². The van der Waals surface area contributed by atoms with Crippen molar-refractivity contribution in [2.24, 2.45) is 0 Å². The fraction of sp³-hybridized carbons (Fsp3) is 0.0476. The molecule has 0 saturated carbocycles. The molecule has 0 saturated heterocycles. The van der Waals surface area contributed by atoms with Gasteiger partial charge in [0.05, 0.1) is 11.6 Å². The first-order valence-electron chi connectivity index (χ1n) is 8.01. The van der Waals surface area contributed by atoms with E-state index in [0.29, 0.717) is 0 Å². The van der Waals surface area contributed by atoms with Gasteiger partial charge in [-0.05, 0) is 34.4 Å². The number of amides is 3. The number of hydrogen-bond donors (Lipinski definition) is 2. The van der Waals surface area contributed by atoms with E-state index in [-0.39, 0.29) is 8.42 Å². The molecule has 134 valence electrons. The van der Waals surface area contributed by atoms with Gasteiger partial charge in [0.2, 0.25) is 0 Å². The van der Waals surface area contributed by atoms with Crippen molar-refractivity contribution in [3.05, 3.63) is 102 Å². The molecule has 0 aliphatic heterocycles. The molecule has 2 aromatic carbocycles. The number of hydrogen-bond acceptors (Lipinski definition) is 2. The van der Waals surface area contributed by atoms with Crippen LogP contribution >= 0.6 is 0 Å². The Hall–Kier alpha value is -3.47. The topological polar surface area (TPSA) is 58.2 Å². The van der Waals surface area contributed by atoms with Crippen molar-refractivity contribution in [3.63, 3.8) is 0 Å². The Morgan fingerprint density at radius 2 is 1.73 bits per heavy atom. The summed E-state index contributed by atoms with van der Waals surface area (Å²) in [5, 5.41) is 4.91. The average molecular weight is 352 g/mol. The summed E-state index contributed by atoms with van der Waals surface area (Å²) >= 11 is 0. The first-order chi connectivity index (χ1) is 12.6. The lowest BCUT2D eigenvalue weighted by Crippen LogP contribution is -2.41. The van der Waals surface area contributed by atoms with Crippen LogP contribution in [0.25, 0.3) is 5.57 Å². The SMILES string of the molecule is C=CC1=C(C=C)C(NC(=O)NC(=O)c2ccccc2F)c2ccccc21.[HH].[HH]. The van der Waals surface area contributed by atoms with Crippen LogP contribution in [0.3, 0.4) is 0 Å². The summed E-state index contributed by atoms with van der Waals surface area (Å²) in [7, 11) is 0. The van der Waals surface area contributed by atoms with Gasteiger partial charge in [-0.1, -0.05) is 61.7 Å². The normalized spacial score (nSPS) is 15.2. The molecule has 0 bridgehead atoms. The lowest BCUT2D eigenvalue weighted by Gasteiger charge is -2.17. The molecule has 1 unspecified atom stereocenters. The van der Waals surface area contributed by atoms with Crippen LogP contribution in [0.2, 0.25) is 0 Å². The zero-order valence-corrected chi connectivity index (χ0v) is 14.0. The minimum absolute atomic E-state index is 0. The van der Waals surface area contributed by atoms with Gasteiger partial charge in [-0.3, -0.25) is 10.1 Å². The van der Waals surface area contributed by atoms with Gasteiger partial charge in [0.25, 0.3) is 5.91 Å². The van der Waals surface area contributed by atoms with Gasteiger partial charge in [0.1, 0.15) is 5.82 Å².